The van der Waals surface area contributed by atoms with Gasteiger partial charge >= 0.3 is 0 Å². The van der Waals surface area contributed by atoms with Crippen molar-refractivity contribution in [1.82, 2.24) is 14.9 Å². The van der Waals surface area contributed by atoms with Crippen LogP contribution in [0.4, 0.5) is 0 Å². The summed E-state index contributed by atoms with van der Waals surface area (Å²) in [4.78, 5) is 13.6. The van der Waals surface area contributed by atoms with Gasteiger partial charge in [0.2, 0.25) is 15.9 Å². The Bertz CT molecular complexity index is 555. The molecule has 0 unspecified atom stereocenters. The zero-order chi connectivity index (χ0) is 15.9. The van der Waals surface area contributed by atoms with Crippen molar-refractivity contribution in [2.24, 2.45) is 0 Å². The maximum atomic E-state index is 12.0. The maximum absolute atomic E-state index is 12.0. The minimum atomic E-state index is -3.55. The lowest BCUT2D eigenvalue weighted by atomic mass is 10.2. The largest absolute Gasteiger partial charge is 0.344 e. The first kappa shape index (κ1) is 17.6. The van der Waals surface area contributed by atoms with E-state index in [1.54, 1.807) is 36.2 Å². The van der Waals surface area contributed by atoms with Crippen LogP contribution in [0, 0.1) is 6.92 Å². The number of sulfonamides is 1. The highest BCUT2D eigenvalue weighted by atomic mass is 32.2. The number of rotatable bonds is 8. The number of carbonyl (C=O) groups is 1. The first-order valence-corrected chi connectivity index (χ1v) is 8.30. The van der Waals surface area contributed by atoms with Crippen LogP contribution in [0.5, 0.6) is 0 Å². The van der Waals surface area contributed by atoms with Gasteiger partial charge < -0.3 is 10.2 Å². The van der Waals surface area contributed by atoms with Crippen LogP contribution in [0.3, 0.4) is 0 Å². The Kier molecular flexibility index (Phi) is 6.80. The van der Waals surface area contributed by atoms with E-state index in [-0.39, 0.29) is 23.8 Å². The number of benzene rings is 1. The molecule has 7 heteroatoms. The highest BCUT2D eigenvalue weighted by Gasteiger charge is 2.14. The molecule has 0 aliphatic carbocycles. The van der Waals surface area contributed by atoms with Crippen LogP contribution in [0.15, 0.2) is 29.2 Å². The van der Waals surface area contributed by atoms with Crippen LogP contribution in [0.25, 0.3) is 0 Å². The summed E-state index contributed by atoms with van der Waals surface area (Å²) >= 11 is 0. The van der Waals surface area contributed by atoms with Gasteiger partial charge in [-0.15, -0.1) is 0 Å². The van der Waals surface area contributed by atoms with E-state index < -0.39 is 10.0 Å². The number of amides is 1. The summed E-state index contributed by atoms with van der Waals surface area (Å²) in [5.74, 6) is -0.0862. The highest BCUT2D eigenvalue weighted by molar-refractivity contribution is 7.89. The smallest absolute Gasteiger partial charge is 0.240 e. The monoisotopic (exact) mass is 313 g/mol. The molecule has 0 radical (unpaired) electrons. The molecule has 0 saturated carbocycles. The summed E-state index contributed by atoms with van der Waals surface area (Å²) < 4.78 is 26.5. The third kappa shape index (κ3) is 5.82. The van der Waals surface area contributed by atoms with Gasteiger partial charge in [0.1, 0.15) is 0 Å². The number of nitrogens with zero attached hydrogens (tertiary/aromatic N) is 1. The molecule has 6 nitrogen and oxygen atoms in total. The molecule has 1 rings (SSSR count). The quantitative estimate of drug-likeness (QED) is 0.725. The van der Waals surface area contributed by atoms with Crippen LogP contribution in [0.2, 0.25) is 0 Å². The van der Waals surface area contributed by atoms with Crippen molar-refractivity contribution in [2.45, 2.75) is 18.2 Å². The van der Waals surface area contributed by atoms with E-state index >= 15 is 0 Å². The normalized spacial score (nSPS) is 11.4. The Hall–Kier alpha value is -1.44. The third-order valence-corrected chi connectivity index (χ3v) is 4.56. The fraction of sp³-hybridized carbons (Fsp3) is 0.500. The van der Waals surface area contributed by atoms with Gasteiger partial charge in [-0.3, -0.25) is 4.79 Å². The minimum absolute atomic E-state index is 0.0862. The van der Waals surface area contributed by atoms with Crippen molar-refractivity contribution in [3.8, 4) is 0 Å². The number of hydrogen-bond acceptors (Lipinski definition) is 4. The van der Waals surface area contributed by atoms with Crippen LogP contribution in [-0.2, 0) is 14.8 Å². The van der Waals surface area contributed by atoms with E-state index in [4.69, 9.17) is 0 Å². The van der Waals surface area contributed by atoms with Crippen LogP contribution >= 0.6 is 0 Å². The lowest BCUT2D eigenvalue weighted by Gasteiger charge is -2.17. The van der Waals surface area contributed by atoms with Crippen molar-refractivity contribution in [3.63, 3.8) is 0 Å². The van der Waals surface area contributed by atoms with Crippen LogP contribution in [0.1, 0.15) is 12.0 Å². The Morgan fingerprint density at radius 1 is 1.19 bits per heavy atom. The molecule has 1 aromatic carbocycles. The molecule has 1 amide bonds. The molecule has 0 atom stereocenters. The molecular weight excluding hydrogens is 290 g/mol. The summed E-state index contributed by atoms with van der Waals surface area (Å²) in [6, 6.07) is 6.59. The molecule has 0 aromatic heterocycles. The molecule has 0 saturated heterocycles. The van der Waals surface area contributed by atoms with E-state index in [0.29, 0.717) is 13.1 Å². The lowest BCUT2D eigenvalue weighted by Crippen LogP contribution is -2.35. The molecule has 0 aliphatic rings. The van der Waals surface area contributed by atoms with E-state index in [2.05, 4.69) is 10.0 Å². The van der Waals surface area contributed by atoms with Crippen molar-refractivity contribution < 1.29 is 13.2 Å². The van der Waals surface area contributed by atoms with Gasteiger partial charge in [-0.25, -0.2) is 13.1 Å². The second kappa shape index (κ2) is 8.11. The average Bonchev–Trinajstić information content (AvgIpc) is 2.44. The first-order valence-electron chi connectivity index (χ1n) is 6.81. The molecule has 21 heavy (non-hydrogen) atoms. The predicted molar refractivity (Wildman–Crippen MR) is 82.5 cm³/mol. The number of carbonyl (C=O) groups excluding carboxylic acids is 1. The fourth-order valence-corrected chi connectivity index (χ4v) is 2.72. The molecule has 0 fully saturated rings. The molecule has 118 valence electrons. The maximum Gasteiger partial charge on any atom is 0.240 e. The molecule has 0 spiro atoms. The topological polar surface area (TPSA) is 78.5 Å². The zero-order valence-corrected chi connectivity index (χ0v) is 13.5. The Morgan fingerprint density at radius 2 is 1.81 bits per heavy atom. The molecule has 0 bridgehead atoms. The second-order valence-electron chi connectivity index (χ2n) is 4.88. The summed E-state index contributed by atoms with van der Waals surface area (Å²) in [6.45, 7) is 3.29. The number of likely N-dealkylation sites (N-methyl/N-ethyl adjacent to an activating group) is 2. The van der Waals surface area contributed by atoms with Crippen LogP contribution in [-0.4, -0.2) is 53.0 Å². The van der Waals surface area contributed by atoms with Crippen molar-refractivity contribution in [2.75, 3.05) is 33.7 Å². The van der Waals surface area contributed by atoms with E-state index in [1.807, 2.05) is 14.0 Å². The van der Waals surface area contributed by atoms with Crippen molar-refractivity contribution >= 4 is 15.9 Å². The molecule has 2 N–H and O–H groups in total. The van der Waals surface area contributed by atoms with Gasteiger partial charge in [0.25, 0.3) is 0 Å². The van der Waals surface area contributed by atoms with Gasteiger partial charge in [0.05, 0.1) is 4.90 Å². The zero-order valence-electron chi connectivity index (χ0n) is 12.7. The van der Waals surface area contributed by atoms with Gasteiger partial charge in [-0.1, -0.05) is 17.7 Å². The molecule has 1 aromatic rings. The highest BCUT2D eigenvalue weighted by Crippen LogP contribution is 2.09. The third-order valence-electron chi connectivity index (χ3n) is 3.09. The summed E-state index contributed by atoms with van der Waals surface area (Å²) in [6.07, 6.45) is 0.144. The van der Waals surface area contributed by atoms with E-state index in [9.17, 15) is 13.2 Å². The Balaban J connectivity index is 2.47. The lowest BCUT2D eigenvalue weighted by molar-refractivity contribution is -0.129. The summed E-state index contributed by atoms with van der Waals surface area (Å²) in [7, 11) is -0.0324. The van der Waals surface area contributed by atoms with Crippen molar-refractivity contribution in [1.29, 1.82) is 0 Å². The molecule has 0 heterocycles. The molecular formula is C14H23N3O3S. The van der Waals surface area contributed by atoms with Gasteiger partial charge in [-0.05, 0) is 26.1 Å². The van der Waals surface area contributed by atoms with E-state index in [0.717, 1.165) is 5.56 Å². The standard InChI is InChI=1S/C14H23N3O3S/c1-12-4-6-13(7-5-12)21(19,20)16-9-8-14(18)17(3)11-10-15-2/h4-7,15-16H,8-11H2,1-3H3. The van der Waals surface area contributed by atoms with Crippen molar-refractivity contribution in [3.05, 3.63) is 29.8 Å². The van der Waals surface area contributed by atoms with Gasteiger partial charge in [-0.2, -0.15) is 0 Å². The fourth-order valence-electron chi connectivity index (χ4n) is 1.69. The Labute approximate surface area is 126 Å². The predicted octanol–water partition coefficient (Wildman–Crippen LogP) is 0.341. The van der Waals surface area contributed by atoms with E-state index in [1.165, 1.54) is 0 Å². The SMILES string of the molecule is CNCCN(C)C(=O)CCNS(=O)(=O)c1ccc(C)cc1. The number of aryl methyl sites for hydroxylation is 1. The minimum Gasteiger partial charge on any atom is -0.344 e. The van der Waals surface area contributed by atoms with Gasteiger partial charge in [0.15, 0.2) is 0 Å². The summed E-state index contributed by atoms with van der Waals surface area (Å²) in [5, 5.41) is 2.95. The molecule has 0 aliphatic heterocycles. The number of hydrogen-bond donors (Lipinski definition) is 2. The number of nitrogens with one attached hydrogen (secondary N) is 2. The first-order chi connectivity index (χ1) is 9.86. The Morgan fingerprint density at radius 3 is 2.38 bits per heavy atom. The second-order valence-corrected chi connectivity index (χ2v) is 6.65. The van der Waals surface area contributed by atoms with Crippen LogP contribution < -0.4 is 10.0 Å². The van der Waals surface area contributed by atoms with Gasteiger partial charge in [0, 0.05) is 33.1 Å². The average molecular weight is 313 g/mol. The summed E-state index contributed by atoms with van der Waals surface area (Å²) in [5.41, 5.74) is 0.996.